The Morgan fingerprint density at radius 3 is 0.987 bits per heavy atom. The lowest BCUT2D eigenvalue weighted by molar-refractivity contribution is 0.648. The van der Waals surface area contributed by atoms with Crippen LogP contribution in [-0.2, 0) is 10.8 Å². The summed E-state index contributed by atoms with van der Waals surface area (Å²) < 4.78 is 13.8. The molecule has 0 bridgehead atoms. The van der Waals surface area contributed by atoms with Crippen LogP contribution in [0.2, 0.25) is 5.02 Å². The molecule has 2 aromatic heterocycles. The van der Waals surface area contributed by atoms with Crippen LogP contribution in [0.3, 0.4) is 0 Å². The zero-order valence-electron chi connectivity index (χ0n) is 42.4. The minimum absolute atomic E-state index is 0. The summed E-state index contributed by atoms with van der Waals surface area (Å²) in [7, 11) is 0. The van der Waals surface area contributed by atoms with Gasteiger partial charge >= 0.3 is 0 Å². The van der Waals surface area contributed by atoms with E-state index in [9.17, 15) is 0 Å². The molecular formula is C75H52ClNO2. The predicted octanol–water partition coefficient (Wildman–Crippen LogP) is 20.7. The lowest BCUT2D eigenvalue weighted by Crippen LogP contribution is -2.28. The predicted molar refractivity (Wildman–Crippen MR) is 328 cm³/mol. The van der Waals surface area contributed by atoms with Crippen molar-refractivity contribution in [2.45, 2.75) is 18.3 Å². The molecule has 2 aliphatic rings. The second kappa shape index (κ2) is 19.1. The fourth-order valence-electron chi connectivity index (χ4n) is 13.3. The highest BCUT2D eigenvalue weighted by molar-refractivity contribution is 6.35. The van der Waals surface area contributed by atoms with E-state index in [2.05, 4.69) is 284 Å². The molecule has 0 fully saturated rings. The first-order valence-corrected chi connectivity index (χ1v) is 27.0. The number of benzene rings is 12. The first-order chi connectivity index (χ1) is 38.7. The van der Waals surface area contributed by atoms with Crippen molar-refractivity contribution >= 4 is 72.5 Å². The van der Waals surface area contributed by atoms with Gasteiger partial charge in [-0.15, -0.1) is 0 Å². The molecule has 16 rings (SSSR count). The van der Waals surface area contributed by atoms with Gasteiger partial charge in [-0.05, 0) is 92.0 Å². The Labute approximate surface area is 464 Å². The molecule has 0 spiro atoms. The van der Waals surface area contributed by atoms with E-state index in [-0.39, 0.29) is 7.43 Å². The molecule has 376 valence electrons. The lowest BCUT2D eigenvalue weighted by Gasteiger charge is -2.33. The Morgan fingerprint density at radius 2 is 0.570 bits per heavy atom. The van der Waals surface area contributed by atoms with Crippen LogP contribution in [0.1, 0.15) is 51.9 Å². The van der Waals surface area contributed by atoms with Crippen molar-refractivity contribution < 1.29 is 8.83 Å². The maximum Gasteiger partial charge on any atom is 0.159 e. The molecule has 14 aromatic rings. The van der Waals surface area contributed by atoms with Crippen LogP contribution in [0.5, 0.6) is 0 Å². The molecule has 0 amide bonds. The molecule has 0 saturated heterocycles. The van der Waals surface area contributed by atoms with Gasteiger partial charge in [0.05, 0.1) is 21.5 Å². The van der Waals surface area contributed by atoms with Crippen LogP contribution in [0.25, 0.3) is 66.1 Å². The first-order valence-electron chi connectivity index (χ1n) is 26.6. The van der Waals surface area contributed by atoms with Gasteiger partial charge < -0.3 is 13.7 Å². The smallest absolute Gasteiger partial charge is 0.159 e. The van der Waals surface area contributed by atoms with Crippen LogP contribution in [-0.4, -0.2) is 0 Å². The van der Waals surface area contributed by atoms with Crippen molar-refractivity contribution in [2.75, 3.05) is 4.90 Å². The minimum atomic E-state index is -0.541. The molecule has 0 saturated carbocycles. The molecule has 12 aromatic carbocycles. The van der Waals surface area contributed by atoms with Gasteiger partial charge in [0.25, 0.3) is 0 Å². The van der Waals surface area contributed by atoms with Crippen molar-refractivity contribution in [2.24, 2.45) is 0 Å². The van der Waals surface area contributed by atoms with Gasteiger partial charge in [0.1, 0.15) is 11.2 Å². The molecule has 0 N–H and O–H groups in total. The van der Waals surface area contributed by atoms with Crippen molar-refractivity contribution in [3.63, 3.8) is 0 Å². The van der Waals surface area contributed by atoms with Gasteiger partial charge in [-0.1, -0.05) is 274 Å². The summed E-state index contributed by atoms with van der Waals surface area (Å²) in [4.78, 5) is 2.29. The second-order valence-corrected chi connectivity index (χ2v) is 20.7. The molecule has 0 radical (unpaired) electrons. The Balaban J connectivity index is 0.000000148. The van der Waals surface area contributed by atoms with E-state index in [1.54, 1.807) is 0 Å². The molecule has 4 heteroatoms. The van der Waals surface area contributed by atoms with E-state index in [0.29, 0.717) is 5.02 Å². The number of rotatable bonds is 7. The number of furan rings is 2. The Bertz CT molecular complexity index is 4450. The number of halogens is 1. The van der Waals surface area contributed by atoms with Crippen molar-refractivity contribution in [3.8, 4) is 22.3 Å². The van der Waals surface area contributed by atoms with Crippen molar-refractivity contribution in [1.29, 1.82) is 0 Å². The molecule has 0 aliphatic heterocycles. The Kier molecular flexibility index (Phi) is 11.5. The fourth-order valence-corrected chi connectivity index (χ4v) is 13.5. The normalized spacial score (nSPS) is 13.2. The number of hydrogen-bond donors (Lipinski definition) is 0. The van der Waals surface area contributed by atoms with E-state index in [4.69, 9.17) is 20.4 Å². The summed E-state index contributed by atoms with van der Waals surface area (Å²) in [5.41, 5.74) is 20.5. The van der Waals surface area contributed by atoms with Gasteiger partial charge in [-0.2, -0.15) is 0 Å². The summed E-state index contributed by atoms with van der Waals surface area (Å²) in [6.45, 7) is 0. The fraction of sp³-hybridized carbons (Fsp3) is 0.0400. The maximum atomic E-state index is 7.19. The highest BCUT2D eigenvalue weighted by atomic mass is 35.5. The summed E-state index contributed by atoms with van der Waals surface area (Å²) in [5, 5.41) is 4.98. The number of anilines is 3. The van der Waals surface area contributed by atoms with Crippen LogP contribution >= 0.6 is 11.6 Å². The third-order valence-corrected chi connectivity index (χ3v) is 16.7. The van der Waals surface area contributed by atoms with Crippen LogP contribution in [0.15, 0.2) is 300 Å². The number of hydrogen-bond acceptors (Lipinski definition) is 3. The topological polar surface area (TPSA) is 29.5 Å². The molecule has 3 nitrogen and oxygen atoms in total. The van der Waals surface area contributed by atoms with Crippen molar-refractivity contribution in [3.05, 3.63) is 341 Å². The summed E-state index contributed by atoms with van der Waals surface area (Å²) >= 11 is 6.56. The standard InChI is InChI=1S/C43H29NO.C31H19ClO.CH4/c1-4-16-30(17-5-1)43(37-26-12-10-22-33(37)34-23-11-13-27-38(34)43)39-28-14-24-35-36-25-15-29-40(42(36)45-41(35)39)44(31-18-6-2-7-19-31)32-20-8-3-9-21-32;32-28-19-9-15-24-23-14-8-18-27(29(23)33-30(24)28)31(20-10-2-1-3-11-20)25-16-6-4-12-21(25)22-13-5-7-17-26(22)31;/h1-29H;1-19H;1H4. The largest absolute Gasteiger partial charge is 0.454 e. The Hall–Kier alpha value is -9.67. The molecule has 2 aliphatic carbocycles. The first kappa shape index (κ1) is 47.8. The van der Waals surface area contributed by atoms with E-state index >= 15 is 0 Å². The number of nitrogens with zero attached hydrogens (tertiary/aromatic N) is 1. The van der Waals surface area contributed by atoms with Gasteiger partial charge in [0, 0.05) is 44.0 Å². The summed E-state index contributed by atoms with van der Waals surface area (Å²) in [5.74, 6) is 0. The van der Waals surface area contributed by atoms with Gasteiger partial charge in [-0.25, -0.2) is 0 Å². The van der Waals surface area contributed by atoms with E-state index in [0.717, 1.165) is 72.1 Å². The quantitative estimate of drug-likeness (QED) is 0.159. The van der Waals surface area contributed by atoms with Gasteiger partial charge in [0.15, 0.2) is 11.2 Å². The van der Waals surface area contributed by atoms with Gasteiger partial charge in [0.2, 0.25) is 0 Å². The number of para-hydroxylation sites is 6. The molecule has 2 heterocycles. The zero-order chi connectivity index (χ0) is 51.8. The van der Waals surface area contributed by atoms with Crippen LogP contribution in [0, 0.1) is 0 Å². The van der Waals surface area contributed by atoms with Gasteiger partial charge in [-0.3, -0.25) is 0 Å². The zero-order valence-corrected chi connectivity index (χ0v) is 43.1. The minimum Gasteiger partial charge on any atom is -0.454 e. The highest BCUT2D eigenvalue weighted by Gasteiger charge is 2.49. The average Bonchev–Trinajstić information content (AvgIpc) is 2.81. The van der Waals surface area contributed by atoms with E-state index < -0.39 is 10.8 Å². The highest BCUT2D eigenvalue weighted by Crippen LogP contribution is 2.60. The summed E-state index contributed by atoms with van der Waals surface area (Å²) in [6.07, 6.45) is 0. The van der Waals surface area contributed by atoms with Crippen molar-refractivity contribution in [1.82, 2.24) is 0 Å². The Morgan fingerprint density at radius 1 is 0.266 bits per heavy atom. The molecule has 79 heavy (non-hydrogen) atoms. The molecular weight excluding hydrogens is 982 g/mol. The second-order valence-electron chi connectivity index (χ2n) is 20.3. The maximum absolute atomic E-state index is 7.19. The SMILES string of the molecule is C.Clc1cccc2c1oc1c(C3(c4ccccc4)c4ccccc4-c4ccccc43)cccc12.c1ccc(N(c2ccccc2)c2cccc3c2oc2c(C4(c5ccccc5)c5ccccc5-c5ccccc54)cccc23)cc1. The average molecular weight is 1030 g/mol. The lowest BCUT2D eigenvalue weighted by atomic mass is 9.67. The summed E-state index contributed by atoms with van der Waals surface area (Å²) in [6, 6.07) is 104. The molecule has 0 atom stereocenters. The monoisotopic (exact) mass is 1030 g/mol. The van der Waals surface area contributed by atoms with Crippen LogP contribution in [0.4, 0.5) is 17.1 Å². The van der Waals surface area contributed by atoms with Crippen LogP contribution < -0.4 is 4.90 Å². The van der Waals surface area contributed by atoms with E-state index in [1.165, 1.54) is 55.6 Å². The molecule has 0 unspecified atom stereocenters. The third kappa shape index (κ3) is 7.06. The van der Waals surface area contributed by atoms with E-state index in [1.807, 2.05) is 12.1 Å². The third-order valence-electron chi connectivity index (χ3n) is 16.4. The number of fused-ring (bicyclic) bond motifs is 12.